The molecule has 4 aromatic rings. The minimum atomic E-state index is -5.51. The van der Waals surface area contributed by atoms with Gasteiger partial charge in [0.15, 0.2) is 17.6 Å². The molecule has 35 heavy (non-hydrogen) atoms. The van der Waals surface area contributed by atoms with Gasteiger partial charge in [0, 0.05) is 16.5 Å². The zero-order valence-corrected chi connectivity index (χ0v) is 19.4. The Hall–Kier alpha value is -3.51. The van der Waals surface area contributed by atoms with Crippen LogP contribution >= 0.6 is 11.3 Å². The van der Waals surface area contributed by atoms with Gasteiger partial charge in [-0.2, -0.15) is 21.6 Å². The first-order valence-corrected chi connectivity index (χ1v) is 12.6. The maximum absolute atomic E-state index is 12.7. The van der Waals surface area contributed by atoms with Crippen molar-refractivity contribution in [2.24, 2.45) is 0 Å². The number of aromatic nitrogens is 1. The molecule has 182 valence electrons. The number of para-hydroxylation sites is 2. The highest BCUT2D eigenvalue weighted by Crippen LogP contribution is 2.37. The Morgan fingerprint density at radius 2 is 1.89 bits per heavy atom. The summed E-state index contributed by atoms with van der Waals surface area (Å²) < 4.78 is 79.9. The first-order valence-electron chi connectivity index (χ1n) is 10.3. The summed E-state index contributed by atoms with van der Waals surface area (Å²) in [5, 5.41) is 3.72. The van der Waals surface area contributed by atoms with E-state index in [1.165, 1.54) is 29.5 Å². The molecule has 0 amide bonds. The van der Waals surface area contributed by atoms with Gasteiger partial charge in [0.1, 0.15) is 24.0 Å². The minimum Gasteiger partial charge on any atom is -0.487 e. The van der Waals surface area contributed by atoms with Crippen molar-refractivity contribution in [3.05, 3.63) is 76.7 Å². The lowest BCUT2D eigenvalue weighted by Crippen LogP contribution is -2.29. The predicted molar refractivity (Wildman–Crippen MR) is 124 cm³/mol. The van der Waals surface area contributed by atoms with E-state index in [1.54, 1.807) is 22.9 Å². The summed E-state index contributed by atoms with van der Waals surface area (Å²) in [6.45, 7) is 0.497. The van der Waals surface area contributed by atoms with Crippen LogP contribution in [0.1, 0.15) is 16.8 Å². The first-order chi connectivity index (χ1) is 16.7. The van der Waals surface area contributed by atoms with E-state index in [4.69, 9.17) is 14.2 Å². The number of thiazole rings is 1. The molecule has 0 saturated heterocycles. The predicted octanol–water partition coefficient (Wildman–Crippen LogP) is 5.65. The second kappa shape index (κ2) is 8.93. The van der Waals surface area contributed by atoms with E-state index >= 15 is 0 Å². The quantitative estimate of drug-likeness (QED) is 0.352. The van der Waals surface area contributed by atoms with Crippen molar-refractivity contribution >= 4 is 37.8 Å². The number of ether oxygens (including phenoxy) is 3. The van der Waals surface area contributed by atoms with Gasteiger partial charge in [-0.1, -0.05) is 24.3 Å². The molecule has 1 aliphatic heterocycles. The Kier molecular flexibility index (Phi) is 5.93. The molecule has 7 nitrogen and oxygen atoms in total. The van der Waals surface area contributed by atoms with Crippen molar-refractivity contribution in [2.45, 2.75) is 18.2 Å². The largest absolute Gasteiger partial charge is 0.516 e. The van der Waals surface area contributed by atoms with Crippen molar-refractivity contribution in [2.75, 3.05) is 11.3 Å². The molecule has 2 heterocycles. The maximum atomic E-state index is 12.7. The van der Waals surface area contributed by atoms with E-state index in [0.717, 1.165) is 5.01 Å². The highest BCUT2D eigenvalue weighted by Gasteiger charge is 2.46. The lowest BCUT2D eigenvalue weighted by atomic mass is 10.1. The van der Waals surface area contributed by atoms with Crippen molar-refractivity contribution in [1.82, 2.24) is 4.98 Å². The molecule has 0 saturated carbocycles. The molecule has 1 N–H and O–H groups in total. The highest BCUT2D eigenvalue weighted by molar-refractivity contribution is 7.93. The van der Waals surface area contributed by atoms with Crippen molar-refractivity contribution < 1.29 is 35.8 Å². The molecule has 1 aromatic heterocycles. The number of anilines is 1. The van der Waals surface area contributed by atoms with Crippen LogP contribution in [0.4, 0.5) is 18.9 Å². The summed E-state index contributed by atoms with van der Waals surface area (Å²) in [5.74, 6) is 1.83. The smallest absolute Gasteiger partial charge is 0.487 e. The summed E-state index contributed by atoms with van der Waals surface area (Å²) in [5.41, 5.74) is -4.93. The third-order valence-corrected chi connectivity index (χ3v) is 7.23. The third kappa shape index (κ3) is 4.84. The number of rotatable bonds is 6. The zero-order chi connectivity index (χ0) is 24.6. The number of hydrogen-bond acceptors (Lipinski definition) is 7. The summed E-state index contributed by atoms with van der Waals surface area (Å²) in [6.07, 6.45) is -0.333. The number of nitrogens with one attached hydrogen (secondary N) is 1. The van der Waals surface area contributed by atoms with Gasteiger partial charge >= 0.3 is 15.5 Å². The SMILES string of the molecule is O=S(=O)(Nc1ccc2c(OCc3csc(C4COc5ccccc5O4)n3)cccc2c1)C(F)(F)F. The fourth-order valence-corrected chi connectivity index (χ4v) is 4.85. The molecule has 1 unspecified atom stereocenters. The molecule has 0 aliphatic carbocycles. The number of benzene rings is 3. The molecule has 0 spiro atoms. The number of nitrogens with zero attached hydrogens (tertiary/aromatic N) is 1. The van der Waals surface area contributed by atoms with Crippen LogP contribution in [0.5, 0.6) is 17.2 Å². The number of sulfonamides is 1. The maximum Gasteiger partial charge on any atom is 0.516 e. The number of hydrogen-bond donors (Lipinski definition) is 1. The van der Waals surface area contributed by atoms with Gasteiger partial charge in [0.25, 0.3) is 0 Å². The zero-order valence-electron chi connectivity index (χ0n) is 17.8. The number of fused-ring (bicyclic) bond motifs is 2. The van der Waals surface area contributed by atoms with Crippen LogP contribution in [-0.2, 0) is 16.6 Å². The van der Waals surface area contributed by atoms with Crippen LogP contribution in [-0.4, -0.2) is 25.5 Å². The van der Waals surface area contributed by atoms with E-state index in [-0.39, 0.29) is 18.4 Å². The van der Waals surface area contributed by atoms with Crippen LogP contribution < -0.4 is 18.9 Å². The normalized spacial score (nSPS) is 15.7. The average Bonchev–Trinajstić information content (AvgIpc) is 3.30. The van der Waals surface area contributed by atoms with Gasteiger partial charge < -0.3 is 14.2 Å². The van der Waals surface area contributed by atoms with Crippen LogP contribution in [0, 0.1) is 0 Å². The Labute approximate surface area is 202 Å². The Balaban J connectivity index is 1.28. The summed E-state index contributed by atoms with van der Waals surface area (Å²) >= 11 is 1.43. The van der Waals surface area contributed by atoms with Crippen LogP contribution in [0.2, 0.25) is 0 Å². The van der Waals surface area contributed by atoms with Gasteiger partial charge in [0.2, 0.25) is 0 Å². The van der Waals surface area contributed by atoms with E-state index in [0.29, 0.717) is 40.3 Å². The van der Waals surface area contributed by atoms with E-state index in [1.807, 2.05) is 29.6 Å². The number of alkyl halides is 3. The Morgan fingerprint density at radius 1 is 1.09 bits per heavy atom. The summed E-state index contributed by atoms with van der Waals surface area (Å²) in [6, 6.07) is 16.5. The molecular weight excluding hydrogens is 505 g/mol. The second-order valence-electron chi connectivity index (χ2n) is 7.57. The van der Waals surface area contributed by atoms with Crippen LogP contribution in [0.25, 0.3) is 10.8 Å². The lowest BCUT2D eigenvalue weighted by molar-refractivity contribution is -0.0429. The highest BCUT2D eigenvalue weighted by atomic mass is 32.2. The molecule has 5 rings (SSSR count). The number of halogens is 3. The summed E-state index contributed by atoms with van der Waals surface area (Å²) in [4.78, 5) is 4.58. The Bertz CT molecular complexity index is 1490. The topological polar surface area (TPSA) is 86.8 Å². The first kappa shape index (κ1) is 23.2. The molecule has 3 aromatic carbocycles. The molecule has 1 atom stereocenters. The molecule has 12 heteroatoms. The Morgan fingerprint density at radius 3 is 2.69 bits per heavy atom. The fourth-order valence-electron chi connectivity index (χ4n) is 3.49. The second-order valence-corrected chi connectivity index (χ2v) is 10.1. The standard InChI is InChI=1S/C23H17F3N2O5S2/c24-23(25,26)35(29,30)28-15-8-9-17-14(10-15)4-3-7-18(17)31-11-16-13-34-22(27-16)21-12-32-19-5-1-2-6-20(19)33-21/h1-10,13,21,28H,11-12H2. The van der Waals surface area contributed by atoms with Crippen molar-refractivity contribution in [3.8, 4) is 17.2 Å². The van der Waals surface area contributed by atoms with Crippen molar-refractivity contribution in [1.29, 1.82) is 0 Å². The lowest BCUT2D eigenvalue weighted by Gasteiger charge is -2.24. The monoisotopic (exact) mass is 522 g/mol. The minimum absolute atomic E-state index is 0.155. The van der Waals surface area contributed by atoms with Gasteiger partial charge in [-0.15, -0.1) is 11.3 Å². The van der Waals surface area contributed by atoms with Gasteiger partial charge in [-0.3, -0.25) is 4.72 Å². The van der Waals surface area contributed by atoms with Crippen LogP contribution in [0.3, 0.4) is 0 Å². The van der Waals surface area contributed by atoms with E-state index in [2.05, 4.69) is 4.98 Å². The van der Waals surface area contributed by atoms with E-state index < -0.39 is 15.5 Å². The average molecular weight is 523 g/mol. The van der Waals surface area contributed by atoms with Gasteiger partial charge in [0.05, 0.1) is 5.69 Å². The third-order valence-electron chi connectivity index (χ3n) is 5.13. The van der Waals surface area contributed by atoms with Crippen molar-refractivity contribution in [3.63, 3.8) is 0 Å². The summed E-state index contributed by atoms with van der Waals surface area (Å²) in [7, 11) is -5.51. The molecule has 0 fully saturated rings. The van der Waals surface area contributed by atoms with Gasteiger partial charge in [-0.25, -0.2) is 4.98 Å². The molecule has 0 radical (unpaired) electrons. The molecule has 1 aliphatic rings. The fraction of sp³-hybridized carbons (Fsp3) is 0.174. The van der Waals surface area contributed by atoms with E-state index in [9.17, 15) is 21.6 Å². The van der Waals surface area contributed by atoms with Gasteiger partial charge in [-0.05, 0) is 41.8 Å². The molecule has 0 bridgehead atoms. The van der Waals surface area contributed by atoms with Crippen LogP contribution in [0.15, 0.2) is 66.0 Å². The molecular formula is C23H17F3N2O5S2.